The maximum Gasteiger partial charge on any atom is 0.353 e. The van der Waals surface area contributed by atoms with E-state index in [1.54, 1.807) is 0 Å². The van der Waals surface area contributed by atoms with Gasteiger partial charge in [-0.2, -0.15) is 0 Å². The van der Waals surface area contributed by atoms with Crippen LogP contribution >= 0.6 is 0 Å². The third-order valence-corrected chi connectivity index (χ3v) is 6.52. The Morgan fingerprint density at radius 3 is 2.37 bits per heavy atom. The van der Waals surface area contributed by atoms with Crippen molar-refractivity contribution in [3.05, 3.63) is 94.8 Å². The number of nitrogens with zero attached hydrogens (tertiary/aromatic N) is 6. The summed E-state index contributed by atoms with van der Waals surface area (Å²) in [5.41, 5.74) is 2.12. The number of benzene rings is 3. The molecule has 0 N–H and O–H groups in total. The van der Waals surface area contributed by atoms with Crippen LogP contribution in [-0.4, -0.2) is 52.5 Å². The maximum atomic E-state index is 12.4. The lowest BCUT2D eigenvalue weighted by atomic mass is 10.1. The Balaban J connectivity index is 1.45. The molecule has 1 saturated heterocycles. The van der Waals surface area contributed by atoms with Crippen LogP contribution in [0.5, 0.6) is 0 Å². The normalized spacial score (nSPS) is 14.3. The van der Waals surface area contributed by atoms with Gasteiger partial charge in [-0.15, -0.1) is 0 Å². The van der Waals surface area contributed by atoms with Crippen LogP contribution in [0.2, 0.25) is 0 Å². The minimum atomic E-state index is -0.338. The standard InChI is InChI=1S/C27H28N6O2/c1-2-32(24-14-8-12-22-11-6-7-13-23(22)24)27-25(33(34)35)26(28-20-29-27)31-17-15-30(16-18-31)19-21-9-4-3-5-10-21/h3-14,20H,2,15-19H2,1H3. The van der Waals surface area contributed by atoms with Crippen molar-refractivity contribution in [1.29, 1.82) is 0 Å². The van der Waals surface area contributed by atoms with Crippen molar-refractivity contribution in [2.24, 2.45) is 0 Å². The Kier molecular flexibility index (Phi) is 6.54. The fourth-order valence-corrected chi connectivity index (χ4v) is 4.79. The minimum Gasteiger partial charge on any atom is -0.348 e. The van der Waals surface area contributed by atoms with Crippen LogP contribution in [0.1, 0.15) is 12.5 Å². The van der Waals surface area contributed by atoms with Crippen molar-refractivity contribution in [3.8, 4) is 0 Å². The summed E-state index contributed by atoms with van der Waals surface area (Å²) >= 11 is 0. The van der Waals surface area contributed by atoms with Gasteiger partial charge in [0.15, 0.2) is 0 Å². The summed E-state index contributed by atoms with van der Waals surface area (Å²) in [7, 11) is 0. The molecule has 8 heteroatoms. The van der Waals surface area contributed by atoms with Crippen LogP contribution in [0.15, 0.2) is 79.1 Å². The Morgan fingerprint density at radius 2 is 1.63 bits per heavy atom. The number of aromatic nitrogens is 2. The van der Waals surface area contributed by atoms with Gasteiger partial charge in [-0.3, -0.25) is 15.0 Å². The third kappa shape index (κ3) is 4.65. The lowest BCUT2D eigenvalue weighted by molar-refractivity contribution is -0.383. The van der Waals surface area contributed by atoms with E-state index in [9.17, 15) is 10.1 Å². The molecule has 4 aromatic rings. The molecule has 0 aliphatic carbocycles. The van der Waals surface area contributed by atoms with Gasteiger partial charge in [0.1, 0.15) is 6.33 Å². The van der Waals surface area contributed by atoms with Crippen molar-refractivity contribution in [3.63, 3.8) is 0 Å². The van der Waals surface area contributed by atoms with Crippen LogP contribution in [-0.2, 0) is 6.54 Å². The summed E-state index contributed by atoms with van der Waals surface area (Å²) in [6.45, 7) is 6.36. The second-order valence-corrected chi connectivity index (χ2v) is 8.62. The first-order valence-corrected chi connectivity index (χ1v) is 11.9. The lowest BCUT2D eigenvalue weighted by Crippen LogP contribution is -2.46. The molecule has 0 bridgehead atoms. The van der Waals surface area contributed by atoms with E-state index in [0.717, 1.165) is 36.1 Å². The molecule has 178 valence electrons. The lowest BCUT2D eigenvalue weighted by Gasteiger charge is -2.35. The molecule has 1 aliphatic heterocycles. The highest BCUT2D eigenvalue weighted by molar-refractivity contribution is 5.96. The van der Waals surface area contributed by atoms with Gasteiger partial charge in [-0.05, 0) is 23.9 Å². The summed E-state index contributed by atoms with van der Waals surface area (Å²) < 4.78 is 0. The first kappa shape index (κ1) is 22.7. The van der Waals surface area contributed by atoms with Crippen LogP contribution in [0.3, 0.4) is 0 Å². The molecular weight excluding hydrogens is 440 g/mol. The van der Waals surface area contributed by atoms with Crippen LogP contribution < -0.4 is 9.80 Å². The molecule has 0 unspecified atom stereocenters. The summed E-state index contributed by atoms with van der Waals surface area (Å²) in [6.07, 6.45) is 1.45. The van der Waals surface area contributed by atoms with E-state index in [4.69, 9.17) is 0 Å². The molecule has 8 nitrogen and oxygen atoms in total. The van der Waals surface area contributed by atoms with Gasteiger partial charge in [-0.25, -0.2) is 9.97 Å². The number of nitro groups is 1. The zero-order valence-corrected chi connectivity index (χ0v) is 19.7. The number of anilines is 3. The predicted molar refractivity (Wildman–Crippen MR) is 139 cm³/mol. The Bertz CT molecular complexity index is 1320. The van der Waals surface area contributed by atoms with Crippen molar-refractivity contribution >= 4 is 33.8 Å². The average molecular weight is 469 g/mol. The third-order valence-electron chi connectivity index (χ3n) is 6.52. The molecule has 5 rings (SSSR count). The monoisotopic (exact) mass is 468 g/mol. The van der Waals surface area contributed by atoms with E-state index in [0.29, 0.717) is 31.3 Å². The summed E-state index contributed by atoms with van der Waals surface area (Å²) in [4.78, 5) is 27.1. The number of rotatable bonds is 7. The minimum absolute atomic E-state index is 0.0428. The Labute approximate surface area is 204 Å². The molecule has 35 heavy (non-hydrogen) atoms. The predicted octanol–water partition coefficient (Wildman–Crippen LogP) is 5.02. The van der Waals surface area contributed by atoms with E-state index >= 15 is 0 Å². The van der Waals surface area contributed by atoms with Gasteiger partial charge in [0.25, 0.3) is 0 Å². The van der Waals surface area contributed by atoms with Gasteiger partial charge in [0.2, 0.25) is 11.6 Å². The number of piperazine rings is 1. The molecule has 2 heterocycles. The largest absolute Gasteiger partial charge is 0.353 e. The average Bonchev–Trinajstić information content (AvgIpc) is 2.90. The van der Waals surface area contributed by atoms with Gasteiger partial charge in [0, 0.05) is 44.7 Å². The zero-order chi connectivity index (χ0) is 24.2. The second-order valence-electron chi connectivity index (χ2n) is 8.62. The van der Waals surface area contributed by atoms with E-state index in [1.807, 2.05) is 77.4 Å². The highest BCUT2D eigenvalue weighted by atomic mass is 16.6. The first-order chi connectivity index (χ1) is 17.2. The zero-order valence-electron chi connectivity index (χ0n) is 19.7. The summed E-state index contributed by atoms with van der Waals surface area (Å²) in [5.74, 6) is 0.712. The summed E-state index contributed by atoms with van der Waals surface area (Å²) in [6, 6.07) is 24.4. The van der Waals surface area contributed by atoms with Crippen LogP contribution in [0, 0.1) is 10.1 Å². The second kappa shape index (κ2) is 10.1. The smallest absolute Gasteiger partial charge is 0.348 e. The molecule has 0 saturated carbocycles. The molecule has 0 radical (unpaired) electrons. The van der Waals surface area contributed by atoms with E-state index in [-0.39, 0.29) is 10.6 Å². The van der Waals surface area contributed by atoms with Gasteiger partial charge < -0.3 is 9.80 Å². The van der Waals surface area contributed by atoms with E-state index in [2.05, 4.69) is 27.0 Å². The van der Waals surface area contributed by atoms with Crippen molar-refractivity contribution < 1.29 is 4.92 Å². The van der Waals surface area contributed by atoms with Crippen LogP contribution in [0.25, 0.3) is 10.8 Å². The van der Waals surface area contributed by atoms with E-state index < -0.39 is 0 Å². The highest BCUT2D eigenvalue weighted by Gasteiger charge is 2.32. The quantitative estimate of drug-likeness (QED) is 0.278. The van der Waals surface area contributed by atoms with Gasteiger partial charge >= 0.3 is 5.69 Å². The van der Waals surface area contributed by atoms with Crippen molar-refractivity contribution in [2.45, 2.75) is 13.5 Å². The topological polar surface area (TPSA) is 78.6 Å². The van der Waals surface area contributed by atoms with Gasteiger partial charge in [-0.1, -0.05) is 66.7 Å². The summed E-state index contributed by atoms with van der Waals surface area (Å²) in [5, 5.41) is 14.5. The molecule has 0 spiro atoms. The number of fused-ring (bicyclic) bond motifs is 1. The molecule has 0 amide bonds. The Morgan fingerprint density at radius 1 is 0.914 bits per heavy atom. The molecule has 1 aromatic heterocycles. The fraction of sp³-hybridized carbons (Fsp3) is 0.259. The van der Waals surface area contributed by atoms with Crippen LogP contribution in [0.4, 0.5) is 23.0 Å². The SMILES string of the molecule is CCN(c1ncnc(N2CCN(Cc3ccccc3)CC2)c1[N+](=O)[O-])c1cccc2ccccc12. The molecule has 0 atom stereocenters. The Hall–Kier alpha value is -4.04. The highest BCUT2D eigenvalue weighted by Crippen LogP contribution is 2.39. The van der Waals surface area contributed by atoms with Crippen molar-refractivity contribution in [1.82, 2.24) is 14.9 Å². The first-order valence-electron chi connectivity index (χ1n) is 11.9. The molecule has 1 fully saturated rings. The molecule has 1 aliphatic rings. The number of hydrogen-bond donors (Lipinski definition) is 0. The molecule has 3 aromatic carbocycles. The van der Waals surface area contributed by atoms with Crippen molar-refractivity contribution in [2.75, 3.05) is 42.5 Å². The van der Waals surface area contributed by atoms with Gasteiger partial charge in [0.05, 0.1) is 10.6 Å². The maximum absolute atomic E-state index is 12.4. The number of hydrogen-bond acceptors (Lipinski definition) is 7. The van der Waals surface area contributed by atoms with E-state index in [1.165, 1.54) is 11.9 Å². The fourth-order valence-electron chi connectivity index (χ4n) is 4.79. The molecular formula is C27H28N6O2.